The van der Waals surface area contributed by atoms with E-state index in [2.05, 4.69) is 31.2 Å². The van der Waals surface area contributed by atoms with Gasteiger partial charge in [-0.3, -0.25) is 9.59 Å². The molecule has 0 atom stereocenters. The fraction of sp³-hybridized carbons (Fsp3) is 0.417. The minimum absolute atomic E-state index is 0.0991. The van der Waals surface area contributed by atoms with Crippen molar-refractivity contribution in [1.82, 2.24) is 9.80 Å². The first-order valence-corrected chi connectivity index (χ1v) is 10.4. The predicted octanol–water partition coefficient (Wildman–Crippen LogP) is 4.14. The van der Waals surface area contributed by atoms with Crippen LogP contribution in [-0.4, -0.2) is 47.3 Å². The highest BCUT2D eigenvalue weighted by Crippen LogP contribution is 2.27. The second kappa shape index (κ2) is 8.17. The number of hydrogen-bond donors (Lipinski definition) is 0. The molecule has 0 bridgehead atoms. The second-order valence-corrected chi connectivity index (χ2v) is 7.81. The van der Waals surface area contributed by atoms with Crippen LogP contribution in [0.3, 0.4) is 0 Å². The van der Waals surface area contributed by atoms with Crippen molar-refractivity contribution >= 4 is 11.8 Å². The highest BCUT2D eigenvalue weighted by molar-refractivity contribution is 5.95. The summed E-state index contributed by atoms with van der Waals surface area (Å²) in [5.41, 5.74) is 4.34. The molecule has 4 nitrogen and oxygen atoms in total. The van der Waals surface area contributed by atoms with Gasteiger partial charge in [0.2, 0.25) is 5.91 Å². The van der Waals surface area contributed by atoms with E-state index in [1.54, 1.807) is 0 Å². The van der Waals surface area contributed by atoms with E-state index >= 15 is 0 Å². The number of amides is 2. The van der Waals surface area contributed by atoms with Crippen molar-refractivity contribution in [2.75, 3.05) is 19.6 Å². The molecular formula is C24H28N2O2. The Morgan fingerprint density at radius 2 is 1.82 bits per heavy atom. The molecule has 2 heterocycles. The van der Waals surface area contributed by atoms with Gasteiger partial charge in [-0.25, -0.2) is 0 Å². The van der Waals surface area contributed by atoms with Crippen LogP contribution in [0.5, 0.6) is 0 Å². The van der Waals surface area contributed by atoms with Crippen molar-refractivity contribution in [1.29, 1.82) is 0 Å². The molecule has 4 heteroatoms. The Hall–Kier alpha value is -2.62. The lowest BCUT2D eigenvalue weighted by Gasteiger charge is -2.36. The Morgan fingerprint density at radius 1 is 1.04 bits per heavy atom. The lowest BCUT2D eigenvalue weighted by Crippen LogP contribution is -2.47. The van der Waals surface area contributed by atoms with Crippen molar-refractivity contribution in [2.24, 2.45) is 0 Å². The summed E-state index contributed by atoms with van der Waals surface area (Å²) >= 11 is 0. The Kier molecular flexibility index (Phi) is 5.47. The molecule has 2 aromatic carbocycles. The minimum Gasteiger partial charge on any atom is -0.340 e. The van der Waals surface area contributed by atoms with Crippen molar-refractivity contribution in [3.8, 4) is 11.1 Å². The highest BCUT2D eigenvalue weighted by atomic mass is 16.2. The van der Waals surface area contributed by atoms with E-state index in [0.717, 1.165) is 56.4 Å². The van der Waals surface area contributed by atoms with Gasteiger partial charge in [0, 0.05) is 37.7 Å². The zero-order valence-electron chi connectivity index (χ0n) is 16.6. The minimum atomic E-state index is 0.0991. The third-order valence-electron chi connectivity index (χ3n) is 6.12. The fourth-order valence-electron chi connectivity index (χ4n) is 4.55. The molecule has 0 aliphatic carbocycles. The van der Waals surface area contributed by atoms with E-state index in [0.29, 0.717) is 12.5 Å². The van der Waals surface area contributed by atoms with Crippen LogP contribution < -0.4 is 0 Å². The molecule has 0 aromatic heterocycles. The summed E-state index contributed by atoms with van der Waals surface area (Å²) in [5, 5.41) is 0. The van der Waals surface area contributed by atoms with Gasteiger partial charge in [0.15, 0.2) is 0 Å². The molecule has 0 radical (unpaired) electrons. The zero-order chi connectivity index (χ0) is 19.5. The Bertz CT molecular complexity index is 868. The first-order chi connectivity index (χ1) is 13.7. The van der Waals surface area contributed by atoms with Crippen LogP contribution >= 0.6 is 0 Å². The molecule has 2 amide bonds. The number of carbonyl (C=O) groups excluding carboxylic acids is 2. The summed E-state index contributed by atoms with van der Waals surface area (Å²) in [7, 11) is 0. The lowest BCUT2D eigenvalue weighted by atomic mass is 9.96. The van der Waals surface area contributed by atoms with Crippen LogP contribution in [0.1, 0.15) is 48.5 Å². The van der Waals surface area contributed by atoms with Gasteiger partial charge in [-0.2, -0.15) is 0 Å². The third-order valence-corrected chi connectivity index (χ3v) is 6.12. The molecule has 2 saturated heterocycles. The van der Waals surface area contributed by atoms with Gasteiger partial charge in [-0.1, -0.05) is 43.3 Å². The Labute approximate surface area is 167 Å². The predicted molar refractivity (Wildman–Crippen MR) is 111 cm³/mol. The number of nitrogens with zero attached hydrogens (tertiary/aromatic N) is 2. The number of hydrogen-bond acceptors (Lipinski definition) is 2. The molecule has 2 fully saturated rings. The van der Waals surface area contributed by atoms with Crippen LogP contribution in [0.2, 0.25) is 0 Å². The standard InChI is InChI=1S/C24H28N2O2/c1-2-18-7-3-4-10-22(18)19-8-5-9-20(17-19)24(28)25-15-12-21(13-16-25)26-14-6-11-23(26)27/h3-5,7-10,17,21H,2,6,11-16H2,1H3. The number of rotatable bonds is 4. The molecule has 2 aliphatic rings. The van der Waals surface area contributed by atoms with Gasteiger partial charge in [0.05, 0.1) is 0 Å². The summed E-state index contributed by atoms with van der Waals surface area (Å²) < 4.78 is 0. The first-order valence-electron chi connectivity index (χ1n) is 10.4. The monoisotopic (exact) mass is 376 g/mol. The zero-order valence-corrected chi connectivity index (χ0v) is 16.6. The van der Waals surface area contributed by atoms with Crippen molar-refractivity contribution in [3.05, 3.63) is 59.7 Å². The molecule has 0 unspecified atom stereocenters. The molecule has 4 rings (SSSR count). The SMILES string of the molecule is CCc1ccccc1-c1cccc(C(=O)N2CCC(N3CCCC3=O)CC2)c1. The third kappa shape index (κ3) is 3.68. The van der Waals surface area contributed by atoms with Gasteiger partial charge >= 0.3 is 0 Å². The Balaban J connectivity index is 1.46. The number of benzene rings is 2. The molecule has 2 aromatic rings. The van der Waals surface area contributed by atoms with Crippen LogP contribution in [-0.2, 0) is 11.2 Å². The summed E-state index contributed by atoms with van der Waals surface area (Å²) in [4.78, 5) is 29.0. The van der Waals surface area contributed by atoms with Crippen molar-refractivity contribution in [3.63, 3.8) is 0 Å². The van der Waals surface area contributed by atoms with Gasteiger partial charge in [0.1, 0.15) is 0 Å². The van der Waals surface area contributed by atoms with Gasteiger partial charge in [-0.15, -0.1) is 0 Å². The van der Waals surface area contributed by atoms with Crippen LogP contribution in [0.15, 0.2) is 48.5 Å². The number of aryl methyl sites for hydroxylation is 1. The number of piperidine rings is 1. The average Bonchev–Trinajstić information content (AvgIpc) is 3.19. The van der Waals surface area contributed by atoms with Crippen LogP contribution in [0, 0.1) is 0 Å². The van der Waals surface area contributed by atoms with E-state index in [1.807, 2.05) is 34.1 Å². The topological polar surface area (TPSA) is 40.6 Å². The maximum absolute atomic E-state index is 13.1. The molecule has 2 aliphatic heterocycles. The average molecular weight is 377 g/mol. The number of likely N-dealkylation sites (tertiary alicyclic amines) is 2. The van der Waals surface area contributed by atoms with E-state index in [4.69, 9.17) is 0 Å². The van der Waals surface area contributed by atoms with Crippen LogP contribution in [0.4, 0.5) is 0 Å². The van der Waals surface area contributed by atoms with E-state index < -0.39 is 0 Å². The van der Waals surface area contributed by atoms with E-state index in [-0.39, 0.29) is 11.8 Å². The van der Waals surface area contributed by atoms with Crippen LogP contribution in [0.25, 0.3) is 11.1 Å². The summed E-state index contributed by atoms with van der Waals surface area (Å²) in [6, 6.07) is 16.7. The molecule has 146 valence electrons. The highest BCUT2D eigenvalue weighted by Gasteiger charge is 2.32. The molecular weight excluding hydrogens is 348 g/mol. The van der Waals surface area contributed by atoms with E-state index in [9.17, 15) is 9.59 Å². The van der Waals surface area contributed by atoms with Crippen molar-refractivity contribution in [2.45, 2.75) is 45.1 Å². The largest absolute Gasteiger partial charge is 0.340 e. The fourth-order valence-corrected chi connectivity index (χ4v) is 4.55. The molecule has 0 N–H and O–H groups in total. The number of carbonyl (C=O) groups is 2. The maximum Gasteiger partial charge on any atom is 0.253 e. The van der Waals surface area contributed by atoms with Crippen molar-refractivity contribution < 1.29 is 9.59 Å². The van der Waals surface area contributed by atoms with E-state index in [1.165, 1.54) is 11.1 Å². The summed E-state index contributed by atoms with van der Waals surface area (Å²) in [5.74, 6) is 0.383. The first kappa shape index (κ1) is 18.7. The molecule has 0 saturated carbocycles. The molecule has 0 spiro atoms. The Morgan fingerprint density at radius 3 is 2.54 bits per heavy atom. The van der Waals surface area contributed by atoms with Gasteiger partial charge in [-0.05, 0) is 54.5 Å². The summed E-state index contributed by atoms with van der Waals surface area (Å²) in [6.45, 7) is 4.49. The quantitative estimate of drug-likeness (QED) is 0.804. The summed E-state index contributed by atoms with van der Waals surface area (Å²) in [6.07, 6.45) is 4.40. The molecule has 28 heavy (non-hydrogen) atoms. The van der Waals surface area contributed by atoms with Gasteiger partial charge < -0.3 is 9.80 Å². The second-order valence-electron chi connectivity index (χ2n) is 7.81. The lowest BCUT2D eigenvalue weighted by molar-refractivity contribution is -0.130. The normalized spacial score (nSPS) is 18.0. The maximum atomic E-state index is 13.1. The smallest absolute Gasteiger partial charge is 0.253 e. The van der Waals surface area contributed by atoms with Gasteiger partial charge in [0.25, 0.3) is 5.91 Å².